The van der Waals surface area contributed by atoms with Gasteiger partial charge in [0, 0.05) is 11.4 Å². The van der Waals surface area contributed by atoms with E-state index in [0.717, 1.165) is 20.5 Å². The van der Waals surface area contributed by atoms with E-state index < -0.39 is 10.0 Å². The molecule has 0 radical (unpaired) electrons. The van der Waals surface area contributed by atoms with Gasteiger partial charge in [0.25, 0.3) is 0 Å². The van der Waals surface area contributed by atoms with Gasteiger partial charge < -0.3 is 4.52 Å². The zero-order valence-corrected chi connectivity index (χ0v) is 15.2. The first-order valence-electron chi connectivity index (χ1n) is 6.81. The minimum absolute atomic E-state index is 0.109. The van der Waals surface area contributed by atoms with Crippen LogP contribution in [-0.4, -0.2) is 18.6 Å². The minimum Gasteiger partial charge on any atom is -0.360 e. The lowest BCUT2D eigenvalue weighted by molar-refractivity contribution is 0.390. The second kappa shape index (κ2) is 6.16. The summed E-state index contributed by atoms with van der Waals surface area (Å²) in [4.78, 5) is 6.60. The van der Waals surface area contributed by atoms with Crippen molar-refractivity contribution in [2.75, 3.05) is 0 Å². The van der Waals surface area contributed by atoms with Crippen molar-refractivity contribution in [3.8, 4) is 9.88 Å². The number of aryl methyl sites for hydroxylation is 3. The first-order valence-corrected chi connectivity index (χ1v) is 9.99. The largest absolute Gasteiger partial charge is 0.360 e. The lowest BCUT2D eigenvalue weighted by Gasteiger charge is -2.05. The van der Waals surface area contributed by atoms with Gasteiger partial charge in [-0.15, -0.1) is 22.7 Å². The Morgan fingerprint density at radius 3 is 2.65 bits per heavy atom. The van der Waals surface area contributed by atoms with Crippen molar-refractivity contribution in [3.63, 3.8) is 0 Å². The van der Waals surface area contributed by atoms with Gasteiger partial charge in [-0.2, -0.15) is 0 Å². The quantitative estimate of drug-likeness (QED) is 0.746. The molecule has 0 aliphatic carbocycles. The number of nitrogens with one attached hydrogen (secondary N) is 1. The molecular weight excluding hydrogens is 354 g/mol. The molecule has 3 rings (SSSR count). The molecule has 122 valence electrons. The molecule has 0 bridgehead atoms. The van der Waals surface area contributed by atoms with Crippen LogP contribution in [0.5, 0.6) is 0 Å². The first kappa shape index (κ1) is 16.3. The smallest absolute Gasteiger partial charge is 0.246 e. The normalized spacial score (nSPS) is 12.0. The summed E-state index contributed by atoms with van der Waals surface area (Å²) in [6, 6.07) is 3.97. The van der Waals surface area contributed by atoms with Crippen molar-refractivity contribution in [1.29, 1.82) is 0 Å². The maximum Gasteiger partial charge on any atom is 0.246 e. The number of nitrogens with zero attached hydrogens (tertiary/aromatic N) is 2. The molecule has 3 aromatic heterocycles. The molecule has 1 N–H and O–H groups in total. The van der Waals surface area contributed by atoms with Gasteiger partial charge in [0.05, 0.1) is 10.6 Å². The molecule has 9 heteroatoms. The molecular formula is C14H15N3O3S3. The number of rotatable bonds is 5. The van der Waals surface area contributed by atoms with Crippen molar-refractivity contribution in [1.82, 2.24) is 14.9 Å². The topological polar surface area (TPSA) is 85.1 Å². The van der Waals surface area contributed by atoms with Crippen LogP contribution >= 0.6 is 22.7 Å². The average Bonchev–Trinajstić information content (AvgIpc) is 3.18. The first-order chi connectivity index (χ1) is 10.9. The zero-order valence-electron chi connectivity index (χ0n) is 12.8. The van der Waals surface area contributed by atoms with E-state index in [2.05, 4.69) is 14.9 Å². The van der Waals surface area contributed by atoms with Gasteiger partial charge in [-0.05, 0) is 32.2 Å². The lowest BCUT2D eigenvalue weighted by Crippen LogP contribution is -2.24. The molecule has 6 nitrogen and oxygen atoms in total. The highest BCUT2D eigenvalue weighted by Crippen LogP contribution is 2.31. The molecule has 0 aromatic carbocycles. The molecule has 0 fully saturated rings. The predicted molar refractivity (Wildman–Crippen MR) is 90.2 cm³/mol. The van der Waals surface area contributed by atoms with Crippen LogP contribution in [0.3, 0.4) is 0 Å². The van der Waals surface area contributed by atoms with Crippen LogP contribution in [0.2, 0.25) is 0 Å². The SMILES string of the molecule is Cc1nc(-c2cccs2)sc1CNS(=O)(=O)c1c(C)noc1C. The Morgan fingerprint density at radius 2 is 2.04 bits per heavy atom. The van der Waals surface area contributed by atoms with E-state index in [1.807, 2.05) is 24.4 Å². The summed E-state index contributed by atoms with van der Waals surface area (Å²) >= 11 is 3.11. The predicted octanol–water partition coefficient (Wildman–Crippen LogP) is 3.26. The van der Waals surface area contributed by atoms with Crippen LogP contribution in [0.1, 0.15) is 22.0 Å². The van der Waals surface area contributed by atoms with Crippen LogP contribution < -0.4 is 4.72 Å². The molecule has 0 aliphatic heterocycles. The highest BCUT2D eigenvalue weighted by Gasteiger charge is 2.24. The number of thiophene rings is 1. The van der Waals surface area contributed by atoms with Crippen molar-refractivity contribution >= 4 is 32.7 Å². The molecule has 0 saturated carbocycles. The van der Waals surface area contributed by atoms with Gasteiger partial charge in [0.1, 0.15) is 15.6 Å². The zero-order chi connectivity index (χ0) is 16.6. The fraction of sp³-hybridized carbons (Fsp3) is 0.286. The van der Waals surface area contributed by atoms with Crippen LogP contribution in [0, 0.1) is 20.8 Å². The average molecular weight is 369 g/mol. The summed E-state index contributed by atoms with van der Waals surface area (Å²) < 4.78 is 32.4. The molecule has 3 heterocycles. The Morgan fingerprint density at radius 1 is 1.26 bits per heavy atom. The molecule has 0 saturated heterocycles. The van der Waals surface area contributed by atoms with E-state index in [-0.39, 0.29) is 17.2 Å². The van der Waals surface area contributed by atoms with Crippen LogP contribution in [-0.2, 0) is 16.6 Å². The Bertz CT molecular complexity index is 905. The molecule has 23 heavy (non-hydrogen) atoms. The van der Waals surface area contributed by atoms with Crippen molar-refractivity contribution in [3.05, 3.63) is 39.5 Å². The summed E-state index contributed by atoms with van der Waals surface area (Å²) in [7, 11) is -3.66. The number of aromatic nitrogens is 2. The molecule has 0 unspecified atom stereocenters. The van der Waals surface area contributed by atoms with Gasteiger partial charge in [-0.1, -0.05) is 11.2 Å². The summed E-state index contributed by atoms with van der Waals surface area (Å²) in [6.07, 6.45) is 0. The van der Waals surface area contributed by atoms with Crippen LogP contribution in [0.4, 0.5) is 0 Å². The van der Waals surface area contributed by atoms with Crippen molar-refractivity contribution < 1.29 is 12.9 Å². The third-order valence-electron chi connectivity index (χ3n) is 3.28. The monoisotopic (exact) mass is 369 g/mol. The third-order valence-corrected chi connectivity index (χ3v) is 7.13. The van der Waals surface area contributed by atoms with Crippen LogP contribution in [0.25, 0.3) is 9.88 Å². The maximum atomic E-state index is 12.4. The lowest BCUT2D eigenvalue weighted by atomic mass is 10.4. The van der Waals surface area contributed by atoms with Gasteiger partial charge in [-0.25, -0.2) is 18.1 Å². The van der Waals surface area contributed by atoms with Gasteiger partial charge >= 0.3 is 0 Å². The molecule has 0 aliphatic rings. The molecule has 0 atom stereocenters. The summed E-state index contributed by atoms with van der Waals surface area (Å²) in [5.74, 6) is 0.287. The summed E-state index contributed by atoms with van der Waals surface area (Å²) in [5.41, 5.74) is 1.19. The van der Waals surface area contributed by atoms with Crippen molar-refractivity contribution in [2.45, 2.75) is 32.2 Å². The minimum atomic E-state index is -3.66. The molecule has 3 aromatic rings. The number of thiazole rings is 1. The second-order valence-electron chi connectivity index (χ2n) is 4.98. The fourth-order valence-electron chi connectivity index (χ4n) is 2.19. The number of hydrogen-bond acceptors (Lipinski definition) is 7. The highest BCUT2D eigenvalue weighted by molar-refractivity contribution is 7.89. The molecule has 0 amide bonds. The summed E-state index contributed by atoms with van der Waals surface area (Å²) in [6.45, 7) is 5.27. The Labute approximate surface area is 142 Å². The van der Waals surface area contributed by atoms with E-state index >= 15 is 0 Å². The highest BCUT2D eigenvalue weighted by atomic mass is 32.2. The van der Waals surface area contributed by atoms with E-state index in [1.165, 1.54) is 11.3 Å². The molecule has 0 spiro atoms. The number of hydrogen-bond donors (Lipinski definition) is 1. The van der Waals surface area contributed by atoms with Gasteiger partial charge in [-0.3, -0.25) is 0 Å². The van der Waals surface area contributed by atoms with Gasteiger partial charge in [0.2, 0.25) is 10.0 Å². The van der Waals surface area contributed by atoms with Crippen LogP contribution in [0.15, 0.2) is 26.9 Å². The van der Waals surface area contributed by atoms with Crippen molar-refractivity contribution in [2.24, 2.45) is 0 Å². The van der Waals surface area contributed by atoms with E-state index in [0.29, 0.717) is 5.69 Å². The van der Waals surface area contributed by atoms with E-state index in [4.69, 9.17) is 4.52 Å². The Hall–Kier alpha value is -1.55. The Kier molecular flexibility index (Phi) is 4.37. The summed E-state index contributed by atoms with van der Waals surface area (Å²) in [5, 5.41) is 6.59. The third kappa shape index (κ3) is 3.23. The van der Waals surface area contributed by atoms with Gasteiger partial charge in [0.15, 0.2) is 5.76 Å². The fourth-order valence-corrected chi connectivity index (χ4v) is 5.40. The maximum absolute atomic E-state index is 12.4. The number of sulfonamides is 1. The van der Waals surface area contributed by atoms with E-state index in [1.54, 1.807) is 25.2 Å². The standard InChI is InChI=1S/C14H15N3O3S3/c1-8-12(22-14(16-8)11-5-4-6-21-11)7-15-23(18,19)13-9(2)17-20-10(13)3/h4-6,15H,7H2,1-3H3. The van der Waals surface area contributed by atoms with E-state index in [9.17, 15) is 8.42 Å². The second-order valence-corrected chi connectivity index (χ2v) is 8.72. The Balaban J connectivity index is 1.81.